The minimum Gasteiger partial charge on any atom is -0.376 e. The molecule has 4 heterocycles. The summed E-state index contributed by atoms with van der Waals surface area (Å²) in [6.45, 7) is -0.201. The number of nitrogens with zero attached hydrogens (tertiary/aromatic N) is 3. The van der Waals surface area contributed by atoms with Crippen molar-refractivity contribution in [1.29, 1.82) is 5.26 Å². The highest BCUT2D eigenvalue weighted by Gasteiger charge is 2.33. The first kappa shape index (κ1) is 13.6. The van der Waals surface area contributed by atoms with Crippen LogP contribution in [0.2, 0.25) is 0 Å². The van der Waals surface area contributed by atoms with E-state index in [1.165, 1.54) is 12.8 Å². The van der Waals surface area contributed by atoms with E-state index in [1.54, 1.807) is 16.8 Å². The van der Waals surface area contributed by atoms with Gasteiger partial charge in [-0.05, 0) is 31.7 Å². The largest absolute Gasteiger partial charge is 0.376 e. The Morgan fingerprint density at radius 1 is 1.36 bits per heavy atom. The van der Waals surface area contributed by atoms with E-state index in [-0.39, 0.29) is 6.73 Å². The van der Waals surface area contributed by atoms with Crippen LogP contribution in [-0.2, 0) is 6.73 Å². The first-order valence-corrected chi connectivity index (χ1v) is 7.79. The first-order chi connectivity index (χ1) is 10.8. The third-order valence-electron chi connectivity index (χ3n) is 4.87. The molecule has 2 bridgehead atoms. The van der Waals surface area contributed by atoms with Gasteiger partial charge in [-0.1, -0.05) is 0 Å². The maximum Gasteiger partial charge on any atom is 0.128 e. The molecule has 2 saturated heterocycles. The molecule has 2 aliphatic rings. The van der Waals surface area contributed by atoms with E-state index < -0.39 is 0 Å². The SMILES string of the molecule is N#Cc1cc2cnc(NC3C[C@H]4CC[C@@H](C3)N4)cc2n1CO. The first-order valence-electron chi connectivity index (χ1n) is 7.79. The molecule has 3 atom stereocenters. The van der Waals surface area contributed by atoms with Gasteiger partial charge in [-0.25, -0.2) is 4.98 Å². The van der Waals surface area contributed by atoms with E-state index in [0.29, 0.717) is 23.8 Å². The van der Waals surface area contributed by atoms with Gasteiger partial charge in [0.2, 0.25) is 0 Å². The Kier molecular flexibility index (Phi) is 3.25. The lowest BCUT2D eigenvalue weighted by Gasteiger charge is -2.30. The van der Waals surface area contributed by atoms with Crippen molar-refractivity contribution in [3.8, 4) is 6.07 Å². The molecule has 2 aliphatic heterocycles. The topological polar surface area (TPSA) is 85.9 Å². The van der Waals surface area contributed by atoms with E-state index in [1.807, 2.05) is 6.07 Å². The number of hydrogen-bond acceptors (Lipinski definition) is 5. The minimum atomic E-state index is -0.201. The van der Waals surface area contributed by atoms with Crippen LogP contribution in [0, 0.1) is 11.3 Å². The van der Waals surface area contributed by atoms with Crippen LogP contribution in [0.1, 0.15) is 31.4 Å². The van der Waals surface area contributed by atoms with Crippen molar-refractivity contribution in [2.24, 2.45) is 0 Å². The normalized spacial score (nSPS) is 27.0. The second-order valence-electron chi connectivity index (χ2n) is 6.29. The number of anilines is 1. The zero-order valence-electron chi connectivity index (χ0n) is 12.3. The molecule has 22 heavy (non-hydrogen) atoms. The number of aliphatic hydroxyl groups excluding tert-OH is 1. The number of piperidine rings is 1. The van der Waals surface area contributed by atoms with E-state index >= 15 is 0 Å². The van der Waals surface area contributed by atoms with Crippen molar-refractivity contribution >= 4 is 16.7 Å². The monoisotopic (exact) mass is 297 g/mol. The van der Waals surface area contributed by atoms with Crippen molar-refractivity contribution in [1.82, 2.24) is 14.9 Å². The second-order valence-corrected chi connectivity index (χ2v) is 6.29. The van der Waals surface area contributed by atoms with Crippen molar-refractivity contribution in [3.05, 3.63) is 24.0 Å². The molecule has 2 aromatic heterocycles. The van der Waals surface area contributed by atoms with Crippen molar-refractivity contribution in [2.75, 3.05) is 5.32 Å². The average molecular weight is 297 g/mol. The van der Waals surface area contributed by atoms with E-state index in [2.05, 4.69) is 21.7 Å². The summed E-state index contributed by atoms with van der Waals surface area (Å²) < 4.78 is 1.61. The molecule has 6 nitrogen and oxygen atoms in total. The van der Waals surface area contributed by atoms with Crippen molar-refractivity contribution < 1.29 is 5.11 Å². The van der Waals surface area contributed by atoms with Crippen LogP contribution in [0.4, 0.5) is 5.82 Å². The molecule has 2 fully saturated rings. The van der Waals surface area contributed by atoms with Crippen molar-refractivity contribution in [3.63, 3.8) is 0 Å². The molecule has 0 saturated carbocycles. The molecule has 0 amide bonds. The Morgan fingerprint density at radius 3 is 2.82 bits per heavy atom. The van der Waals surface area contributed by atoms with Crippen LogP contribution >= 0.6 is 0 Å². The van der Waals surface area contributed by atoms with Gasteiger partial charge in [0.25, 0.3) is 0 Å². The Morgan fingerprint density at radius 2 is 2.14 bits per heavy atom. The van der Waals surface area contributed by atoms with Gasteiger partial charge >= 0.3 is 0 Å². The number of nitriles is 1. The summed E-state index contributed by atoms with van der Waals surface area (Å²) in [4.78, 5) is 4.46. The van der Waals surface area contributed by atoms with Gasteiger partial charge in [0.05, 0.1) is 5.52 Å². The minimum absolute atomic E-state index is 0.201. The van der Waals surface area contributed by atoms with Gasteiger partial charge in [0.15, 0.2) is 0 Å². The van der Waals surface area contributed by atoms with Gasteiger partial charge < -0.3 is 20.3 Å². The number of aromatic nitrogens is 2. The fourth-order valence-electron chi connectivity index (χ4n) is 3.86. The van der Waals surface area contributed by atoms with Gasteiger partial charge in [-0.3, -0.25) is 0 Å². The van der Waals surface area contributed by atoms with E-state index in [9.17, 15) is 5.11 Å². The number of aliphatic hydroxyl groups is 1. The van der Waals surface area contributed by atoms with Gasteiger partial charge in [0.1, 0.15) is 24.3 Å². The molecule has 0 radical (unpaired) electrons. The van der Waals surface area contributed by atoms with Crippen molar-refractivity contribution in [2.45, 2.75) is 50.5 Å². The molecule has 0 spiro atoms. The zero-order valence-corrected chi connectivity index (χ0v) is 12.3. The van der Waals surface area contributed by atoms with Gasteiger partial charge in [-0.15, -0.1) is 0 Å². The Labute approximate surface area is 128 Å². The summed E-state index contributed by atoms with van der Waals surface area (Å²) >= 11 is 0. The summed E-state index contributed by atoms with van der Waals surface area (Å²) in [5.41, 5.74) is 1.30. The van der Waals surface area contributed by atoms with E-state index in [0.717, 1.165) is 29.6 Å². The number of hydrogen-bond donors (Lipinski definition) is 3. The lowest BCUT2D eigenvalue weighted by molar-refractivity contribution is 0.214. The molecule has 2 aromatic rings. The highest BCUT2D eigenvalue weighted by molar-refractivity contribution is 5.83. The number of fused-ring (bicyclic) bond motifs is 3. The Balaban J connectivity index is 1.61. The number of nitrogens with one attached hydrogen (secondary N) is 2. The molecule has 0 aromatic carbocycles. The van der Waals surface area contributed by atoms with Crippen LogP contribution in [0.15, 0.2) is 18.3 Å². The molecule has 4 rings (SSSR count). The zero-order chi connectivity index (χ0) is 15.1. The smallest absolute Gasteiger partial charge is 0.128 e. The van der Waals surface area contributed by atoms with Crippen LogP contribution < -0.4 is 10.6 Å². The summed E-state index contributed by atoms with van der Waals surface area (Å²) in [5.74, 6) is 0.816. The van der Waals surface area contributed by atoms with Crippen LogP contribution in [0.3, 0.4) is 0 Å². The van der Waals surface area contributed by atoms with E-state index in [4.69, 9.17) is 5.26 Å². The lowest BCUT2D eigenvalue weighted by Crippen LogP contribution is -2.43. The fourth-order valence-corrected chi connectivity index (χ4v) is 3.86. The Hall–Kier alpha value is -2.10. The summed E-state index contributed by atoms with van der Waals surface area (Å²) in [5, 5.41) is 26.6. The highest BCUT2D eigenvalue weighted by atomic mass is 16.3. The lowest BCUT2D eigenvalue weighted by atomic mass is 10.00. The standard InChI is InChI=1S/C16H19N5O/c17-7-14-3-10-8-18-16(6-15(10)21(14)9-22)20-13-4-11-1-2-12(5-13)19-11/h3,6,8,11-13,19,22H,1-2,4-5,9H2,(H,18,20)/t11-,12+,13?. The molecular formula is C16H19N5O. The number of pyridine rings is 1. The molecule has 6 heteroatoms. The fraction of sp³-hybridized carbons (Fsp3) is 0.500. The van der Waals surface area contributed by atoms with Crippen LogP contribution in [0.5, 0.6) is 0 Å². The highest BCUT2D eigenvalue weighted by Crippen LogP contribution is 2.29. The van der Waals surface area contributed by atoms with Crippen LogP contribution in [-0.4, -0.2) is 32.8 Å². The second kappa shape index (κ2) is 5.27. The summed E-state index contributed by atoms with van der Waals surface area (Å²) in [7, 11) is 0. The van der Waals surface area contributed by atoms with Gasteiger partial charge in [-0.2, -0.15) is 5.26 Å². The molecule has 0 aliphatic carbocycles. The molecular weight excluding hydrogens is 278 g/mol. The van der Waals surface area contributed by atoms with Crippen LogP contribution in [0.25, 0.3) is 10.9 Å². The van der Waals surface area contributed by atoms with Gasteiger partial charge in [0, 0.05) is 35.8 Å². The predicted molar refractivity (Wildman–Crippen MR) is 83.3 cm³/mol. The quantitative estimate of drug-likeness (QED) is 0.800. The molecule has 1 unspecified atom stereocenters. The summed E-state index contributed by atoms with van der Waals surface area (Å²) in [6, 6.07) is 7.49. The third kappa shape index (κ3) is 2.23. The average Bonchev–Trinajstić information content (AvgIpc) is 3.06. The summed E-state index contributed by atoms with van der Waals surface area (Å²) in [6.07, 6.45) is 6.56. The maximum atomic E-state index is 9.49. The molecule has 3 N–H and O–H groups in total. The molecule has 114 valence electrons. The predicted octanol–water partition coefficient (Wildman–Crippen LogP) is 1.55. The third-order valence-corrected chi connectivity index (χ3v) is 4.87. The Bertz CT molecular complexity index is 735. The maximum absolute atomic E-state index is 9.49. The number of rotatable bonds is 3.